The molecule has 1 aliphatic rings. The van der Waals surface area contributed by atoms with Gasteiger partial charge in [0.15, 0.2) is 0 Å². The van der Waals surface area contributed by atoms with Crippen LogP contribution in [0.1, 0.15) is 49.3 Å². The number of nitrogens with zero attached hydrogens (tertiary/aromatic N) is 1. The standard InChI is InChI=1S/C22H21Cl2F3N2O2/c1-3-4-5-20(30)28-18-8-14(7-6-13(18)2)19-12-21(31-29-19,22(25,26)27)15-9-16(23)11-17(24)10-15/h6-11H,3-5,12H2,1-2H3,(H,28,30). The van der Waals surface area contributed by atoms with Crippen LogP contribution < -0.4 is 5.32 Å². The molecule has 166 valence electrons. The predicted octanol–water partition coefficient (Wildman–Crippen LogP) is 7.01. The molecule has 0 saturated heterocycles. The summed E-state index contributed by atoms with van der Waals surface area (Å²) >= 11 is 11.9. The zero-order chi connectivity index (χ0) is 22.8. The monoisotopic (exact) mass is 472 g/mol. The molecule has 1 unspecified atom stereocenters. The molecule has 3 rings (SSSR count). The van der Waals surface area contributed by atoms with E-state index < -0.39 is 18.2 Å². The van der Waals surface area contributed by atoms with Gasteiger partial charge in [0.25, 0.3) is 5.60 Å². The van der Waals surface area contributed by atoms with Crippen LogP contribution in [0.5, 0.6) is 0 Å². The second-order valence-electron chi connectivity index (χ2n) is 7.47. The number of rotatable bonds is 6. The molecular weight excluding hydrogens is 452 g/mol. The zero-order valence-corrected chi connectivity index (χ0v) is 18.5. The number of hydrogen-bond acceptors (Lipinski definition) is 3. The third kappa shape index (κ3) is 4.99. The molecule has 0 radical (unpaired) electrons. The number of carbonyl (C=O) groups excluding carboxylic acids is 1. The smallest absolute Gasteiger partial charge is 0.374 e. The third-order valence-corrected chi connectivity index (χ3v) is 5.55. The van der Waals surface area contributed by atoms with Gasteiger partial charge in [-0.25, -0.2) is 0 Å². The summed E-state index contributed by atoms with van der Waals surface area (Å²) in [6, 6.07) is 8.68. The fourth-order valence-electron chi connectivity index (χ4n) is 3.33. The number of nitrogens with one attached hydrogen (secondary N) is 1. The first-order chi connectivity index (χ1) is 14.6. The van der Waals surface area contributed by atoms with Crippen molar-refractivity contribution in [1.29, 1.82) is 0 Å². The number of alkyl halides is 3. The van der Waals surface area contributed by atoms with Gasteiger partial charge < -0.3 is 10.2 Å². The number of hydrogen-bond donors (Lipinski definition) is 1. The Morgan fingerprint density at radius 2 is 1.87 bits per heavy atom. The van der Waals surface area contributed by atoms with Crippen molar-refractivity contribution in [2.24, 2.45) is 5.16 Å². The van der Waals surface area contributed by atoms with Gasteiger partial charge in [-0.15, -0.1) is 0 Å². The first-order valence-electron chi connectivity index (χ1n) is 9.75. The van der Waals surface area contributed by atoms with Crippen LogP contribution in [0.25, 0.3) is 0 Å². The van der Waals surface area contributed by atoms with Crippen LogP contribution in [0.15, 0.2) is 41.6 Å². The molecule has 0 bridgehead atoms. The average Bonchev–Trinajstić information content (AvgIpc) is 3.14. The van der Waals surface area contributed by atoms with Gasteiger partial charge in [0.2, 0.25) is 5.91 Å². The number of amides is 1. The molecule has 1 atom stereocenters. The first kappa shape index (κ1) is 23.4. The highest BCUT2D eigenvalue weighted by Gasteiger charge is 2.62. The lowest BCUT2D eigenvalue weighted by Gasteiger charge is -2.29. The molecule has 0 saturated carbocycles. The summed E-state index contributed by atoms with van der Waals surface area (Å²) in [5.41, 5.74) is -1.08. The molecule has 2 aromatic carbocycles. The minimum atomic E-state index is -4.77. The summed E-state index contributed by atoms with van der Waals surface area (Å²) in [7, 11) is 0. The van der Waals surface area contributed by atoms with E-state index in [4.69, 9.17) is 28.0 Å². The molecule has 0 spiro atoms. The fourth-order valence-corrected chi connectivity index (χ4v) is 3.86. The Kier molecular flexibility index (Phi) is 6.86. The lowest BCUT2D eigenvalue weighted by molar-refractivity contribution is -0.275. The quantitative estimate of drug-likeness (QED) is 0.491. The van der Waals surface area contributed by atoms with Crippen LogP contribution in [0.2, 0.25) is 10.0 Å². The van der Waals surface area contributed by atoms with Crippen LogP contribution in [0.4, 0.5) is 18.9 Å². The van der Waals surface area contributed by atoms with Crippen molar-refractivity contribution in [2.75, 3.05) is 5.32 Å². The SMILES string of the molecule is CCCCC(=O)Nc1cc(C2=NOC(c3cc(Cl)cc(Cl)c3)(C(F)(F)F)C2)ccc1C. The third-order valence-electron chi connectivity index (χ3n) is 5.12. The summed E-state index contributed by atoms with van der Waals surface area (Å²) in [5, 5.41) is 6.70. The molecule has 1 aliphatic heterocycles. The van der Waals surface area contributed by atoms with Gasteiger partial charge in [-0.3, -0.25) is 4.79 Å². The van der Waals surface area contributed by atoms with E-state index in [1.165, 1.54) is 18.2 Å². The van der Waals surface area contributed by atoms with E-state index in [-0.39, 0.29) is 27.2 Å². The van der Waals surface area contributed by atoms with Gasteiger partial charge in [-0.1, -0.05) is 53.8 Å². The Morgan fingerprint density at radius 3 is 2.48 bits per heavy atom. The maximum atomic E-state index is 14.1. The zero-order valence-electron chi connectivity index (χ0n) is 16.9. The Balaban J connectivity index is 1.92. The maximum absolute atomic E-state index is 14.1. The first-order valence-corrected chi connectivity index (χ1v) is 10.5. The minimum absolute atomic E-state index is 0.0654. The highest BCUT2D eigenvalue weighted by atomic mass is 35.5. The van der Waals surface area contributed by atoms with Gasteiger partial charge in [-0.2, -0.15) is 13.2 Å². The Morgan fingerprint density at radius 1 is 1.19 bits per heavy atom. The molecule has 2 aromatic rings. The van der Waals surface area contributed by atoms with Gasteiger partial charge in [0.05, 0.1) is 5.71 Å². The maximum Gasteiger partial charge on any atom is 0.435 e. The van der Waals surface area contributed by atoms with E-state index in [9.17, 15) is 18.0 Å². The van der Waals surface area contributed by atoms with Gasteiger partial charge in [-0.05, 0) is 43.2 Å². The molecule has 0 aromatic heterocycles. The molecule has 9 heteroatoms. The van der Waals surface area contributed by atoms with Crippen LogP contribution in [0.3, 0.4) is 0 Å². The number of carbonyl (C=O) groups is 1. The Labute approximate surface area is 188 Å². The number of anilines is 1. The van der Waals surface area contributed by atoms with Crippen molar-refractivity contribution in [3.63, 3.8) is 0 Å². The number of aryl methyl sites for hydroxylation is 1. The van der Waals surface area contributed by atoms with Crippen molar-refractivity contribution in [3.8, 4) is 0 Å². The van der Waals surface area contributed by atoms with E-state index >= 15 is 0 Å². The van der Waals surface area contributed by atoms with Crippen LogP contribution in [-0.2, 0) is 15.2 Å². The van der Waals surface area contributed by atoms with E-state index in [1.807, 2.05) is 6.92 Å². The molecule has 1 amide bonds. The van der Waals surface area contributed by atoms with E-state index in [0.717, 1.165) is 18.4 Å². The Hall–Kier alpha value is -2.25. The molecule has 0 aliphatic carbocycles. The number of benzene rings is 2. The van der Waals surface area contributed by atoms with Crippen LogP contribution in [0, 0.1) is 6.92 Å². The van der Waals surface area contributed by atoms with Gasteiger partial charge >= 0.3 is 6.18 Å². The lowest BCUT2D eigenvalue weighted by Crippen LogP contribution is -2.42. The number of oxime groups is 1. The van der Waals surface area contributed by atoms with Crippen molar-refractivity contribution in [2.45, 2.75) is 51.3 Å². The summed E-state index contributed by atoms with van der Waals surface area (Å²) < 4.78 is 42.4. The summed E-state index contributed by atoms with van der Waals surface area (Å²) in [4.78, 5) is 17.1. The largest absolute Gasteiger partial charge is 0.435 e. The van der Waals surface area contributed by atoms with Crippen molar-refractivity contribution < 1.29 is 22.8 Å². The molecule has 4 nitrogen and oxygen atoms in total. The molecule has 1 heterocycles. The number of unbranched alkanes of at least 4 members (excludes halogenated alkanes) is 1. The van der Waals surface area contributed by atoms with Gasteiger partial charge in [0.1, 0.15) is 0 Å². The molecule has 31 heavy (non-hydrogen) atoms. The minimum Gasteiger partial charge on any atom is -0.374 e. The fraction of sp³-hybridized carbons (Fsp3) is 0.364. The number of halogens is 5. The Bertz CT molecular complexity index is 1000. The molecular formula is C22H21Cl2F3N2O2. The normalized spacial score (nSPS) is 18.5. The van der Waals surface area contributed by atoms with Crippen LogP contribution in [-0.4, -0.2) is 17.8 Å². The summed E-state index contributed by atoms with van der Waals surface area (Å²) in [6.45, 7) is 3.79. The van der Waals surface area contributed by atoms with E-state index in [1.54, 1.807) is 25.1 Å². The van der Waals surface area contributed by atoms with Crippen LogP contribution >= 0.6 is 23.2 Å². The summed E-state index contributed by atoms with van der Waals surface area (Å²) in [5.74, 6) is -0.148. The topological polar surface area (TPSA) is 50.7 Å². The second kappa shape index (κ2) is 9.09. The van der Waals surface area contributed by atoms with Gasteiger partial charge in [0, 0.05) is 39.7 Å². The second-order valence-corrected chi connectivity index (χ2v) is 8.34. The van der Waals surface area contributed by atoms with E-state index in [2.05, 4.69) is 10.5 Å². The predicted molar refractivity (Wildman–Crippen MR) is 116 cm³/mol. The summed E-state index contributed by atoms with van der Waals surface area (Å²) in [6.07, 6.45) is -3.32. The van der Waals surface area contributed by atoms with E-state index in [0.29, 0.717) is 17.7 Å². The molecule has 0 fully saturated rings. The van der Waals surface area contributed by atoms with Crippen molar-refractivity contribution in [3.05, 3.63) is 63.1 Å². The lowest BCUT2D eigenvalue weighted by atomic mass is 9.86. The highest BCUT2D eigenvalue weighted by molar-refractivity contribution is 6.34. The average molecular weight is 473 g/mol. The molecule has 1 N–H and O–H groups in total. The van der Waals surface area contributed by atoms with Crippen molar-refractivity contribution >= 4 is 40.5 Å². The van der Waals surface area contributed by atoms with Crippen molar-refractivity contribution in [1.82, 2.24) is 0 Å². The highest BCUT2D eigenvalue weighted by Crippen LogP contribution is 2.49.